The maximum atomic E-state index is 12.7. The molecule has 0 heterocycles. The number of alkyl halides is 2. The van der Waals surface area contributed by atoms with E-state index in [2.05, 4.69) is 4.72 Å². The van der Waals surface area contributed by atoms with Gasteiger partial charge in [-0.3, -0.25) is 4.72 Å². The van der Waals surface area contributed by atoms with E-state index in [-0.39, 0.29) is 17.2 Å². The van der Waals surface area contributed by atoms with Crippen molar-refractivity contribution in [1.29, 1.82) is 0 Å². The van der Waals surface area contributed by atoms with Gasteiger partial charge in [0.1, 0.15) is 17.2 Å². The standard InChI is InChI=1S/C17H19F2NO4S2/c1-12-4-3-5-14(6-12)24-26(21)20-13-7-16(22-10-18)15(9-25-2)17(8-13)23-11-19/h3-8,20H,9-11H2,1-2H3. The van der Waals surface area contributed by atoms with Crippen LogP contribution < -0.4 is 18.4 Å². The van der Waals surface area contributed by atoms with E-state index in [1.54, 1.807) is 18.2 Å². The summed E-state index contributed by atoms with van der Waals surface area (Å²) in [5.74, 6) is 1.23. The van der Waals surface area contributed by atoms with E-state index >= 15 is 0 Å². The van der Waals surface area contributed by atoms with E-state index in [0.29, 0.717) is 17.1 Å². The Bertz CT molecular complexity index is 734. The molecule has 0 spiro atoms. The van der Waals surface area contributed by atoms with Gasteiger partial charge in [0.15, 0.2) is 0 Å². The molecule has 1 unspecified atom stereocenters. The van der Waals surface area contributed by atoms with E-state index in [1.165, 1.54) is 23.9 Å². The highest BCUT2D eigenvalue weighted by molar-refractivity contribution is 7.97. The summed E-state index contributed by atoms with van der Waals surface area (Å²) in [6, 6.07) is 10.00. The topological polar surface area (TPSA) is 56.8 Å². The number of halogens is 2. The molecule has 142 valence electrons. The van der Waals surface area contributed by atoms with Crippen LogP contribution in [0, 0.1) is 6.92 Å². The first-order valence-electron chi connectivity index (χ1n) is 7.54. The zero-order valence-electron chi connectivity index (χ0n) is 14.3. The van der Waals surface area contributed by atoms with Crippen LogP contribution in [-0.2, 0) is 17.0 Å². The summed E-state index contributed by atoms with van der Waals surface area (Å²) < 4.78 is 55.4. The molecule has 0 aliphatic rings. The summed E-state index contributed by atoms with van der Waals surface area (Å²) in [6.07, 6.45) is 1.84. The second-order valence-electron chi connectivity index (χ2n) is 5.13. The van der Waals surface area contributed by atoms with Crippen molar-refractivity contribution in [3.8, 4) is 17.2 Å². The van der Waals surface area contributed by atoms with Crippen LogP contribution >= 0.6 is 11.8 Å². The van der Waals surface area contributed by atoms with Gasteiger partial charge in [-0.1, -0.05) is 12.1 Å². The second kappa shape index (κ2) is 10.2. The molecule has 0 radical (unpaired) electrons. The van der Waals surface area contributed by atoms with Crippen LogP contribution in [0.5, 0.6) is 17.2 Å². The van der Waals surface area contributed by atoms with Crippen molar-refractivity contribution in [3.63, 3.8) is 0 Å². The van der Waals surface area contributed by atoms with E-state index < -0.39 is 25.0 Å². The molecule has 9 heteroatoms. The minimum absolute atomic E-state index is 0.183. The third-order valence-electron chi connectivity index (χ3n) is 3.24. The minimum atomic E-state index is -1.92. The molecule has 1 atom stereocenters. The van der Waals surface area contributed by atoms with Crippen LogP contribution in [0.15, 0.2) is 36.4 Å². The van der Waals surface area contributed by atoms with Crippen LogP contribution in [0.3, 0.4) is 0 Å². The van der Waals surface area contributed by atoms with Crippen molar-refractivity contribution in [2.45, 2.75) is 12.7 Å². The van der Waals surface area contributed by atoms with Crippen molar-refractivity contribution in [2.75, 3.05) is 24.7 Å². The summed E-state index contributed by atoms with van der Waals surface area (Å²) in [5, 5.41) is 0. The van der Waals surface area contributed by atoms with E-state index in [9.17, 15) is 13.0 Å². The lowest BCUT2D eigenvalue weighted by Crippen LogP contribution is -2.12. The molecule has 2 aromatic rings. The first-order valence-corrected chi connectivity index (χ1v) is 10.0. The Morgan fingerprint density at radius 3 is 2.31 bits per heavy atom. The Balaban J connectivity index is 2.22. The predicted molar refractivity (Wildman–Crippen MR) is 100 cm³/mol. The lowest BCUT2D eigenvalue weighted by Gasteiger charge is -2.16. The number of hydrogen-bond acceptors (Lipinski definition) is 5. The van der Waals surface area contributed by atoms with Gasteiger partial charge in [-0.25, -0.2) is 8.78 Å². The van der Waals surface area contributed by atoms with Crippen molar-refractivity contribution in [3.05, 3.63) is 47.5 Å². The van der Waals surface area contributed by atoms with Gasteiger partial charge in [-0.2, -0.15) is 16.0 Å². The summed E-state index contributed by atoms with van der Waals surface area (Å²) >= 11 is -0.471. The molecule has 0 fully saturated rings. The number of thioether (sulfide) groups is 1. The number of ether oxygens (including phenoxy) is 2. The minimum Gasteiger partial charge on any atom is -0.462 e. The largest absolute Gasteiger partial charge is 0.462 e. The smallest absolute Gasteiger partial charge is 0.316 e. The van der Waals surface area contributed by atoms with Crippen LogP contribution in [-0.4, -0.2) is 24.2 Å². The highest BCUT2D eigenvalue weighted by atomic mass is 32.2. The van der Waals surface area contributed by atoms with Crippen LogP contribution in [0.2, 0.25) is 0 Å². The lowest BCUT2D eigenvalue weighted by molar-refractivity contribution is 0.180. The molecule has 0 bridgehead atoms. The molecule has 0 amide bonds. The number of benzene rings is 2. The zero-order valence-corrected chi connectivity index (χ0v) is 15.9. The maximum Gasteiger partial charge on any atom is 0.316 e. The fourth-order valence-corrected chi connectivity index (χ4v) is 3.42. The Kier molecular flexibility index (Phi) is 7.99. The van der Waals surface area contributed by atoms with Gasteiger partial charge >= 0.3 is 11.3 Å². The van der Waals surface area contributed by atoms with Gasteiger partial charge in [-0.05, 0) is 30.9 Å². The molecule has 2 aromatic carbocycles. The number of anilines is 1. The molecule has 2 rings (SSSR count). The van der Waals surface area contributed by atoms with Crippen LogP contribution in [0.1, 0.15) is 11.1 Å². The van der Waals surface area contributed by atoms with Crippen molar-refractivity contribution >= 4 is 28.7 Å². The molecule has 0 aliphatic heterocycles. The van der Waals surface area contributed by atoms with Crippen molar-refractivity contribution in [1.82, 2.24) is 0 Å². The van der Waals surface area contributed by atoms with Gasteiger partial charge in [0.25, 0.3) is 0 Å². The number of rotatable bonds is 10. The first-order chi connectivity index (χ1) is 12.6. The second-order valence-corrected chi connectivity index (χ2v) is 6.83. The number of nitrogens with one attached hydrogen (secondary N) is 1. The number of hydrogen-bond donors (Lipinski definition) is 1. The quantitative estimate of drug-likeness (QED) is 0.631. The third-order valence-corrected chi connectivity index (χ3v) is 4.56. The zero-order chi connectivity index (χ0) is 18.9. The first kappa shape index (κ1) is 20.3. The van der Waals surface area contributed by atoms with Crippen molar-refractivity contribution < 1.29 is 26.6 Å². The van der Waals surface area contributed by atoms with Crippen LogP contribution in [0.25, 0.3) is 0 Å². The molecule has 26 heavy (non-hydrogen) atoms. The highest BCUT2D eigenvalue weighted by Crippen LogP contribution is 2.36. The van der Waals surface area contributed by atoms with Gasteiger partial charge in [0, 0.05) is 23.4 Å². The van der Waals surface area contributed by atoms with Gasteiger partial charge < -0.3 is 13.7 Å². The van der Waals surface area contributed by atoms with Gasteiger partial charge in [-0.15, -0.1) is 0 Å². The van der Waals surface area contributed by atoms with Crippen LogP contribution in [0.4, 0.5) is 14.5 Å². The normalized spacial score (nSPS) is 11.7. The molecule has 0 saturated carbocycles. The monoisotopic (exact) mass is 403 g/mol. The SMILES string of the molecule is CSCc1c(OCF)cc(NS(=O)Oc2cccc(C)c2)cc1OCF. The molecule has 5 nitrogen and oxygen atoms in total. The van der Waals surface area contributed by atoms with Gasteiger partial charge in [0.05, 0.1) is 5.69 Å². The fourth-order valence-electron chi connectivity index (χ4n) is 2.21. The fraction of sp³-hybridized carbons (Fsp3) is 0.294. The molecule has 0 aliphatic carbocycles. The molecule has 0 saturated heterocycles. The van der Waals surface area contributed by atoms with E-state index in [0.717, 1.165) is 5.56 Å². The van der Waals surface area contributed by atoms with E-state index in [4.69, 9.17) is 13.7 Å². The summed E-state index contributed by atoms with van der Waals surface area (Å²) in [6.45, 7) is -0.222. The Hall–Kier alpha value is -2.00. The average molecular weight is 403 g/mol. The van der Waals surface area contributed by atoms with Gasteiger partial charge in [0.2, 0.25) is 13.7 Å². The Morgan fingerprint density at radius 2 is 1.77 bits per heavy atom. The molecule has 1 N–H and O–H groups in total. The Labute approximate surface area is 157 Å². The maximum absolute atomic E-state index is 12.7. The Morgan fingerprint density at radius 1 is 1.12 bits per heavy atom. The summed E-state index contributed by atoms with van der Waals surface area (Å²) in [5.41, 5.74) is 1.76. The lowest BCUT2D eigenvalue weighted by atomic mass is 10.2. The average Bonchev–Trinajstić information content (AvgIpc) is 2.58. The molecular weight excluding hydrogens is 384 g/mol. The third kappa shape index (κ3) is 5.77. The highest BCUT2D eigenvalue weighted by Gasteiger charge is 2.15. The summed E-state index contributed by atoms with van der Waals surface area (Å²) in [4.78, 5) is 0. The molecular formula is C17H19F2NO4S2. The number of aryl methyl sites for hydroxylation is 1. The molecule has 0 aromatic heterocycles. The van der Waals surface area contributed by atoms with E-state index in [1.807, 2.05) is 19.2 Å². The predicted octanol–water partition coefficient (Wildman–Crippen LogP) is 4.54. The summed E-state index contributed by atoms with van der Waals surface area (Å²) in [7, 11) is 0. The van der Waals surface area contributed by atoms with Crippen molar-refractivity contribution in [2.24, 2.45) is 0 Å².